The second-order valence-electron chi connectivity index (χ2n) is 2.37. The van der Waals surface area contributed by atoms with Crippen molar-refractivity contribution < 1.29 is 0 Å². The second kappa shape index (κ2) is 2.01. The lowest BCUT2D eigenvalue weighted by Crippen LogP contribution is -1.75. The van der Waals surface area contributed by atoms with Gasteiger partial charge in [-0.25, -0.2) is 15.0 Å². The lowest BCUT2D eigenvalue weighted by atomic mass is 10.4. The third-order valence-corrected chi connectivity index (χ3v) is 2.70. The summed E-state index contributed by atoms with van der Waals surface area (Å²) in [5, 5.41) is 0. The highest BCUT2D eigenvalue weighted by molar-refractivity contribution is 7.25. The largest absolute Gasteiger partial charge is 0.342 e. The number of aromatic nitrogens is 4. The van der Waals surface area contributed by atoms with Gasteiger partial charge in [-0.1, -0.05) is 0 Å². The fraction of sp³-hybridized carbons (Fsp3) is 0. The lowest BCUT2D eigenvalue weighted by molar-refractivity contribution is 1.21. The third kappa shape index (κ3) is 0.634. The molecule has 0 aliphatic rings. The Bertz CT molecular complexity index is 537. The van der Waals surface area contributed by atoms with E-state index in [2.05, 4.69) is 26.3 Å². The molecule has 4 nitrogen and oxygen atoms in total. The van der Waals surface area contributed by atoms with Crippen molar-refractivity contribution >= 4 is 31.9 Å². The van der Waals surface area contributed by atoms with E-state index in [0.717, 1.165) is 20.6 Å². The first-order chi connectivity index (χ1) is 5.95. The summed E-state index contributed by atoms with van der Waals surface area (Å²) in [5.41, 5.74) is 1.89. The number of fused-ring (bicyclic) bond motifs is 3. The fourth-order valence-corrected chi connectivity index (χ4v) is 2.09. The van der Waals surface area contributed by atoms with Crippen molar-refractivity contribution in [2.75, 3.05) is 0 Å². The normalized spacial score (nSPS) is 11.3. The van der Waals surface area contributed by atoms with Crippen LogP contribution in [0.15, 0.2) is 12.5 Å². The number of nitrogens with zero attached hydrogens (tertiary/aromatic N) is 3. The molecule has 0 amide bonds. The summed E-state index contributed by atoms with van der Waals surface area (Å²) in [6, 6.07) is 0. The molecule has 0 atom stereocenters. The topological polar surface area (TPSA) is 54.5 Å². The van der Waals surface area contributed by atoms with Crippen LogP contribution in [0.25, 0.3) is 20.6 Å². The van der Waals surface area contributed by atoms with Gasteiger partial charge in [0.15, 0.2) is 6.33 Å². The van der Waals surface area contributed by atoms with Crippen molar-refractivity contribution in [1.82, 2.24) is 19.9 Å². The summed E-state index contributed by atoms with van der Waals surface area (Å²) in [5.74, 6) is 0. The van der Waals surface area contributed by atoms with Gasteiger partial charge in [0.1, 0.15) is 15.9 Å². The highest BCUT2D eigenvalue weighted by Gasteiger charge is 2.06. The van der Waals surface area contributed by atoms with Crippen molar-refractivity contribution in [2.45, 2.75) is 0 Å². The van der Waals surface area contributed by atoms with Crippen LogP contribution in [0.5, 0.6) is 0 Å². The van der Waals surface area contributed by atoms with Crippen LogP contribution in [0.2, 0.25) is 0 Å². The Kier molecular flexibility index (Phi) is 1.02. The Labute approximate surface area is 71.3 Å². The van der Waals surface area contributed by atoms with Crippen molar-refractivity contribution in [3.8, 4) is 0 Å². The number of hydrogen-bond donors (Lipinski definition) is 1. The van der Waals surface area contributed by atoms with E-state index >= 15 is 0 Å². The monoisotopic (exact) mass is 175 g/mol. The van der Waals surface area contributed by atoms with Crippen LogP contribution < -0.4 is 0 Å². The minimum absolute atomic E-state index is 0.905. The summed E-state index contributed by atoms with van der Waals surface area (Å²) in [6.45, 7) is 0. The molecule has 0 saturated heterocycles. The SMILES string of the molecule is [c]1ncc2sc3nc[nH]c3c2n1. The van der Waals surface area contributed by atoms with Gasteiger partial charge in [0.25, 0.3) is 0 Å². The molecular weight excluding hydrogens is 172 g/mol. The number of imidazole rings is 1. The van der Waals surface area contributed by atoms with Gasteiger partial charge >= 0.3 is 0 Å². The maximum Gasteiger partial charge on any atom is 0.198 e. The zero-order chi connectivity index (χ0) is 7.97. The smallest absolute Gasteiger partial charge is 0.198 e. The van der Waals surface area contributed by atoms with Crippen molar-refractivity contribution in [3.05, 3.63) is 18.9 Å². The van der Waals surface area contributed by atoms with Crippen molar-refractivity contribution in [3.63, 3.8) is 0 Å². The minimum atomic E-state index is 0.905. The maximum atomic E-state index is 4.14. The van der Waals surface area contributed by atoms with Gasteiger partial charge < -0.3 is 4.98 Å². The van der Waals surface area contributed by atoms with Crippen molar-refractivity contribution in [1.29, 1.82) is 0 Å². The molecule has 0 aliphatic carbocycles. The zero-order valence-corrected chi connectivity index (χ0v) is 6.72. The third-order valence-electron chi connectivity index (χ3n) is 1.68. The van der Waals surface area contributed by atoms with Gasteiger partial charge in [-0.2, -0.15) is 0 Å². The average molecular weight is 175 g/mol. The van der Waals surface area contributed by atoms with E-state index in [1.807, 2.05) is 0 Å². The van der Waals surface area contributed by atoms with Gasteiger partial charge in [-0.05, 0) is 0 Å². The first-order valence-corrected chi connectivity index (χ1v) is 4.21. The molecule has 0 unspecified atom stereocenters. The predicted molar refractivity (Wildman–Crippen MR) is 45.9 cm³/mol. The molecule has 3 rings (SSSR count). The predicted octanol–water partition coefficient (Wildman–Crippen LogP) is 1.37. The molecule has 3 heterocycles. The molecule has 0 saturated carbocycles. The number of H-pyrrole nitrogens is 1. The summed E-state index contributed by atoms with van der Waals surface area (Å²) in [4.78, 5) is 16.0. The standard InChI is InChI=1S/C7H3N4S/c1-4-5(9-2-8-1)6-7(12-4)11-3-10-6/h1,3H,(H,10,11). The molecule has 0 aromatic carbocycles. The molecule has 3 aromatic heterocycles. The fourth-order valence-electron chi connectivity index (χ4n) is 1.17. The maximum absolute atomic E-state index is 4.14. The molecule has 1 radical (unpaired) electrons. The first-order valence-electron chi connectivity index (χ1n) is 3.40. The Balaban J connectivity index is 2.68. The number of hydrogen-bond acceptors (Lipinski definition) is 4. The number of nitrogens with one attached hydrogen (secondary N) is 1. The Morgan fingerprint density at radius 2 is 2.50 bits per heavy atom. The molecule has 5 heteroatoms. The van der Waals surface area contributed by atoms with E-state index < -0.39 is 0 Å². The zero-order valence-electron chi connectivity index (χ0n) is 5.90. The van der Waals surface area contributed by atoms with E-state index in [0.29, 0.717) is 0 Å². The molecule has 57 valence electrons. The van der Waals surface area contributed by atoms with Gasteiger partial charge in [0.05, 0.1) is 11.0 Å². The van der Waals surface area contributed by atoms with Crippen LogP contribution in [0.3, 0.4) is 0 Å². The highest BCUT2D eigenvalue weighted by Crippen LogP contribution is 2.28. The molecule has 0 bridgehead atoms. The molecular formula is C7H3N4S. The summed E-state index contributed by atoms with van der Waals surface area (Å²) >= 11 is 1.58. The molecule has 12 heavy (non-hydrogen) atoms. The number of aromatic amines is 1. The minimum Gasteiger partial charge on any atom is -0.342 e. The van der Waals surface area contributed by atoms with E-state index in [4.69, 9.17) is 0 Å². The molecule has 1 N–H and O–H groups in total. The molecule has 3 aromatic rings. The molecule has 0 aliphatic heterocycles. The van der Waals surface area contributed by atoms with Crippen LogP contribution in [0.4, 0.5) is 0 Å². The highest BCUT2D eigenvalue weighted by atomic mass is 32.1. The summed E-state index contributed by atoms with van der Waals surface area (Å²) < 4.78 is 1.04. The lowest BCUT2D eigenvalue weighted by Gasteiger charge is -1.82. The molecule has 0 spiro atoms. The number of rotatable bonds is 0. The van der Waals surface area contributed by atoms with Crippen molar-refractivity contribution in [2.24, 2.45) is 0 Å². The van der Waals surface area contributed by atoms with Crippen LogP contribution in [0.1, 0.15) is 0 Å². The quantitative estimate of drug-likeness (QED) is 0.561. The van der Waals surface area contributed by atoms with E-state index in [1.54, 1.807) is 23.9 Å². The first kappa shape index (κ1) is 6.07. The van der Waals surface area contributed by atoms with E-state index in [9.17, 15) is 0 Å². The van der Waals surface area contributed by atoms with Gasteiger partial charge in [-0.3, -0.25) is 0 Å². The van der Waals surface area contributed by atoms with Crippen LogP contribution in [0, 0.1) is 6.33 Å². The summed E-state index contributed by atoms with van der Waals surface area (Å²) in [7, 11) is 0. The summed E-state index contributed by atoms with van der Waals surface area (Å²) in [6.07, 6.45) is 5.98. The average Bonchev–Trinajstić information content (AvgIpc) is 2.62. The Morgan fingerprint density at radius 1 is 1.50 bits per heavy atom. The van der Waals surface area contributed by atoms with Crippen LogP contribution in [-0.2, 0) is 0 Å². The molecule has 0 fully saturated rings. The Morgan fingerprint density at radius 3 is 3.50 bits per heavy atom. The van der Waals surface area contributed by atoms with E-state index in [-0.39, 0.29) is 0 Å². The second-order valence-corrected chi connectivity index (χ2v) is 3.40. The van der Waals surface area contributed by atoms with Crippen LogP contribution >= 0.6 is 11.3 Å². The van der Waals surface area contributed by atoms with Crippen LogP contribution in [-0.4, -0.2) is 19.9 Å². The van der Waals surface area contributed by atoms with Gasteiger partial charge in [0.2, 0.25) is 0 Å². The number of thiophene rings is 1. The van der Waals surface area contributed by atoms with Gasteiger partial charge in [0, 0.05) is 6.20 Å². The van der Waals surface area contributed by atoms with E-state index in [1.165, 1.54) is 0 Å². The Hall–Kier alpha value is -1.49. The van der Waals surface area contributed by atoms with Gasteiger partial charge in [-0.15, -0.1) is 11.3 Å².